The summed E-state index contributed by atoms with van der Waals surface area (Å²) >= 11 is 0. The third-order valence-corrected chi connectivity index (χ3v) is 4.36. The van der Waals surface area contributed by atoms with Crippen LogP contribution >= 0.6 is 0 Å². The van der Waals surface area contributed by atoms with Crippen LogP contribution in [0.4, 0.5) is 0 Å². The number of hydrogen-bond acceptors (Lipinski definition) is 5. The summed E-state index contributed by atoms with van der Waals surface area (Å²) in [4.78, 5) is 23.3. The lowest BCUT2D eigenvalue weighted by Gasteiger charge is -2.15. The topological polar surface area (TPSA) is 63.4 Å². The van der Waals surface area contributed by atoms with Crippen LogP contribution in [0, 0.1) is 12.3 Å². The molecule has 4 rings (SSSR count). The van der Waals surface area contributed by atoms with Crippen molar-refractivity contribution < 1.29 is 0 Å². The van der Waals surface area contributed by atoms with E-state index < -0.39 is 0 Å². The lowest BCUT2D eigenvalue weighted by molar-refractivity contribution is 0.584. The molecule has 1 aromatic carbocycles. The molecule has 1 atom stereocenters. The molecule has 130 valence electrons. The van der Waals surface area contributed by atoms with Crippen LogP contribution in [0.1, 0.15) is 43.8 Å². The number of nitrogens with zero attached hydrogens (tertiary/aromatic N) is 5. The van der Waals surface area contributed by atoms with E-state index in [1.165, 1.54) is 0 Å². The van der Waals surface area contributed by atoms with Crippen molar-refractivity contribution >= 4 is 22.6 Å². The molecule has 0 bridgehead atoms. The van der Waals surface area contributed by atoms with Gasteiger partial charge in [-0.25, -0.2) is 4.99 Å². The maximum absolute atomic E-state index is 4.92. The quantitative estimate of drug-likeness (QED) is 0.696. The number of benzene rings is 1. The fourth-order valence-corrected chi connectivity index (χ4v) is 3.02. The zero-order valence-corrected chi connectivity index (χ0v) is 15.4. The molecular weight excluding hydrogens is 322 g/mol. The Kier molecular flexibility index (Phi) is 3.87. The Morgan fingerprint density at radius 3 is 2.42 bits per heavy atom. The van der Waals surface area contributed by atoms with E-state index in [2.05, 4.69) is 30.7 Å². The monoisotopic (exact) mass is 343 g/mol. The number of hydrogen-bond donors (Lipinski definition) is 0. The van der Waals surface area contributed by atoms with Crippen LogP contribution in [0.5, 0.6) is 0 Å². The van der Waals surface area contributed by atoms with E-state index in [0.717, 1.165) is 39.5 Å². The second-order valence-corrected chi connectivity index (χ2v) is 7.57. The molecule has 0 radical (unpaired) electrons. The van der Waals surface area contributed by atoms with Crippen molar-refractivity contribution in [2.24, 2.45) is 15.4 Å². The molecule has 0 fully saturated rings. The van der Waals surface area contributed by atoms with Crippen LogP contribution in [0.2, 0.25) is 0 Å². The first-order valence-electron chi connectivity index (χ1n) is 8.73. The van der Waals surface area contributed by atoms with Gasteiger partial charge < -0.3 is 0 Å². The predicted molar refractivity (Wildman–Crippen MR) is 105 cm³/mol. The van der Waals surface area contributed by atoms with Gasteiger partial charge in [0.2, 0.25) is 0 Å². The van der Waals surface area contributed by atoms with Gasteiger partial charge in [-0.3, -0.25) is 19.9 Å². The average molecular weight is 343 g/mol. The van der Waals surface area contributed by atoms with E-state index in [1.54, 1.807) is 12.4 Å². The van der Waals surface area contributed by atoms with Crippen molar-refractivity contribution in [2.45, 2.75) is 33.7 Å². The molecular formula is C21H21N5. The summed E-state index contributed by atoms with van der Waals surface area (Å²) in [5.74, 6) is 0.847. The minimum atomic E-state index is -0.196. The van der Waals surface area contributed by atoms with Gasteiger partial charge in [-0.1, -0.05) is 32.9 Å². The van der Waals surface area contributed by atoms with Gasteiger partial charge in [0.05, 0.1) is 22.4 Å². The number of aromatic nitrogens is 3. The van der Waals surface area contributed by atoms with Crippen LogP contribution in [0.15, 0.2) is 58.8 Å². The number of aliphatic imine (C=N–C) groups is 2. The highest BCUT2D eigenvalue weighted by atomic mass is 15.1. The fraction of sp³-hybridized carbons (Fsp3) is 0.286. The summed E-state index contributed by atoms with van der Waals surface area (Å²) < 4.78 is 0. The molecule has 0 spiro atoms. The Balaban J connectivity index is 1.85. The highest BCUT2D eigenvalue weighted by Crippen LogP contribution is 2.32. The minimum Gasteiger partial charge on any atom is -0.255 e. The number of aryl methyl sites for hydroxylation is 1. The summed E-state index contributed by atoms with van der Waals surface area (Å²) in [6.45, 7) is 8.38. The molecule has 0 aliphatic carbocycles. The maximum Gasteiger partial charge on any atom is 0.137 e. The molecule has 0 unspecified atom stereocenters. The Hall–Kier alpha value is -2.95. The Morgan fingerprint density at radius 2 is 1.69 bits per heavy atom. The molecule has 3 aromatic rings. The van der Waals surface area contributed by atoms with Gasteiger partial charge in [0.25, 0.3) is 0 Å². The number of pyridine rings is 1. The SMILES string of the molecule is Cc1cccc([C@H]2N=C(C(C)(C)C)N=C2c2ccc3nccnc3c2)n1. The van der Waals surface area contributed by atoms with Crippen molar-refractivity contribution in [1.29, 1.82) is 0 Å². The van der Waals surface area contributed by atoms with Gasteiger partial charge >= 0.3 is 0 Å². The molecule has 2 aromatic heterocycles. The largest absolute Gasteiger partial charge is 0.255 e. The summed E-state index contributed by atoms with van der Waals surface area (Å²) in [7, 11) is 0. The van der Waals surface area contributed by atoms with Crippen molar-refractivity contribution in [3.63, 3.8) is 0 Å². The van der Waals surface area contributed by atoms with Gasteiger partial charge in [0.15, 0.2) is 0 Å². The molecule has 0 N–H and O–H groups in total. The molecule has 5 nitrogen and oxygen atoms in total. The molecule has 0 saturated heterocycles. The standard InChI is InChI=1S/C21H21N5/c1-13-6-5-7-16(24-13)19-18(25-20(26-19)21(2,3)4)14-8-9-15-17(12-14)23-11-10-22-15/h5-12,19H,1-4H3/t19-/m1/s1. The molecule has 0 saturated carbocycles. The second kappa shape index (κ2) is 6.09. The molecule has 0 amide bonds. The molecule has 3 heterocycles. The van der Waals surface area contributed by atoms with Gasteiger partial charge in [-0.05, 0) is 31.2 Å². The van der Waals surface area contributed by atoms with E-state index in [9.17, 15) is 0 Å². The van der Waals surface area contributed by atoms with Crippen LogP contribution < -0.4 is 0 Å². The van der Waals surface area contributed by atoms with E-state index in [-0.39, 0.29) is 11.5 Å². The molecule has 1 aliphatic heterocycles. The van der Waals surface area contributed by atoms with E-state index in [0.29, 0.717) is 0 Å². The predicted octanol–water partition coefficient (Wildman–Crippen LogP) is 4.32. The summed E-state index contributed by atoms with van der Waals surface area (Å²) in [6, 6.07) is 11.9. The third-order valence-electron chi connectivity index (χ3n) is 4.36. The maximum atomic E-state index is 4.92. The third kappa shape index (κ3) is 3.01. The van der Waals surface area contributed by atoms with Crippen molar-refractivity contribution in [2.75, 3.05) is 0 Å². The van der Waals surface area contributed by atoms with Crippen molar-refractivity contribution in [1.82, 2.24) is 15.0 Å². The van der Waals surface area contributed by atoms with Gasteiger partial charge in [0, 0.05) is 29.1 Å². The first kappa shape index (κ1) is 16.5. The van der Waals surface area contributed by atoms with Crippen molar-refractivity contribution in [3.05, 3.63) is 65.7 Å². The molecule has 26 heavy (non-hydrogen) atoms. The van der Waals surface area contributed by atoms with E-state index in [1.807, 2.05) is 43.3 Å². The fourth-order valence-electron chi connectivity index (χ4n) is 3.02. The number of fused-ring (bicyclic) bond motifs is 1. The van der Waals surface area contributed by atoms with E-state index in [4.69, 9.17) is 15.0 Å². The first-order valence-corrected chi connectivity index (χ1v) is 8.73. The van der Waals surface area contributed by atoms with Crippen LogP contribution in [0.3, 0.4) is 0 Å². The van der Waals surface area contributed by atoms with Crippen molar-refractivity contribution in [3.8, 4) is 0 Å². The smallest absolute Gasteiger partial charge is 0.137 e. The Labute approximate surface area is 153 Å². The minimum absolute atomic E-state index is 0.125. The zero-order valence-electron chi connectivity index (χ0n) is 15.4. The Bertz CT molecular complexity index is 1040. The van der Waals surface area contributed by atoms with E-state index >= 15 is 0 Å². The zero-order chi connectivity index (χ0) is 18.3. The van der Waals surface area contributed by atoms with Gasteiger partial charge in [-0.15, -0.1) is 0 Å². The Morgan fingerprint density at radius 1 is 0.923 bits per heavy atom. The number of rotatable bonds is 2. The van der Waals surface area contributed by atoms with Crippen LogP contribution in [-0.2, 0) is 0 Å². The second-order valence-electron chi connectivity index (χ2n) is 7.57. The number of amidine groups is 1. The van der Waals surface area contributed by atoms with Crippen LogP contribution in [-0.4, -0.2) is 26.5 Å². The summed E-state index contributed by atoms with van der Waals surface area (Å²) in [6.07, 6.45) is 3.41. The van der Waals surface area contributed by atoms with Gasteiger partial charge in [-0.2, -0.15) is 0 Å². The highest BCUT2D eigenvalue weighted by molar-refractivity contribution is 6.16. The lowest BCUT2D eigenvalue weighted by atomic mass is 9.95. The summed E-state index contributed by atoms with van der Waals surface area (Å²) in [5.41, 5.74) is 5.42. The lowest BCUT2D eigenvalue weighted by Crippen LogP contribution is -2.16. The highest BCUT2D eigenvalue weighted by Gasteiger charge is 2.32. The first-order chi connectivity index (χ1) is 12.4. The molecule has 1 aliphatic rings. The molecule has 5 heteroatoms. The summed E-state index contributed by atoms with van der Waals surface area (Å²) in [5, 5.41) is 0. The van der Waals surface area contributed by atoms with Crippen LogP contribution in [0.25, 0.3) is 11.0 Å². The van der Waals surface area contributed by atoms with Gasteiger partial charge in [0.1, 0.15) is 11.9 Å². The average Bonchev–Trinajstić information content (AvgIpc) is 3.07. The normalized spacial score (nSPS) is 17.3.